The molecule has 0 aliphatic rings. The number of rotatable bonds is 5. The van der Waals surface area contributed by atoms with Crippen LogP contribution >= 0.6 is 11.3 Å². The van der Waals surface area contributed by atoms with Gasteiger partial charge in [-0.05, 0) is 25.5 Å². The average Bonchev–Trinajstić information content (AvgIpc) is 3.23. The van der Waals surface area contributed by atoms with Gasteiger partial charge >= 0.3 is 0 Å². The first-order valence-corrected chi connectivity index (χ1v) is 9.28. The molecule has 0 fully saturated rings. The summed E-state index contributed by atoms with van der Waals surface area (Å²) in [6, 6.07) is 2.98. The zero-order valence-corrected chi connectivity index (χ0v) is 15.3. The van der Waals surface area contributed by atoms with E-state index in [2.05, 4.69) is 32.0 Å². The lowest BCUT2D eigenvalue weighted by Gasteiger charge is -2.09. The first kappa shape index (κ1) is 16.7. The highest BCUT2D eigenvalue weighted by Gasteiger charge is 2.18. The van der Waals surface area contributed by atoms with Crippen LogP contribution < -0.4 is 0 Å². The average molecular weight is 368 g/mol. The number of halogens is 1. The van der Waals surface area contributed by atoms with Gasteiger partial charge in [-0.25, -0.2) is 18.9 Å². The maximum absolute atomic E-state index is 14.1. The maximum atomic E-state index is 14.1. The van der Waals surface area contributed by atoms with E-state index in [-0.39, 0.29) is 11.5 Å². The van der Waals surface area contributed by atoms with Crippen molar-refractivity contribution in [2.24, 2.45) is 0 Å². The van der Waals surface area contributed by atoms with Gasteiger partial charge in [-0.1, -0.05) is 13.3 Å². The van der Waals surface area contributed by atoms with Gasteiger partial charge in [-0.2, -0.15) is 5.10 Å². The molecule has 132 valence electrons. The molecule has 6 nitrogen and oxygen atoms in total. The molecule has 0 aromatic carbocycles. The lowest BCUT2D eigenvalue weighted by molar-refractivity contribution is 0.625. The van der Waals surface area contributed by atoms with Gasteiger partial charge in [-0.3, -0.25) is 9.97 Å². The topological polar surface area (TPSA) is 68.9 Å². The van der Waals surface area contributed by atoms with Gasteiger partial charge in [0.15, 0.2) is 11.5 Å². The van der Waals surface area contributed by atoms with Gasteiger partial charge in [0.1, 0.15) is 17.2 Å². The molecule has 0 aliphatic heterocycles. The van der Waals surface area contributed by atoms with E-state index in [1.807, 2.05) is 11.4 Å². The number of pyridine rings is 1. The minimum absolute atomic E-state index is 0.276. The monoisotopic (exact) mass is 368 g/mol. The lowest BCUT2D eigenvalue weighted by atomic mass is 10.1. The molecule has 0 atom stereocenters. The Hall–Kier alpha value is -2.74. The minimum Gasteiger partial charge on any atom is -0.255 e. The second kappa shape index (κ2) is 6.87. The van der Waals surface area contributed by atoms with E-state index in [1.165, 1.54) is 17.4 Å². The Labute approximate surface area is 153 Å². The number of hydrogen-bond acceptors (Lipinski definition) is 6. The molecule has 0 amide bonds. The second-order valence-electron chi connectivity index (χ2n) is 5.97. The van der Waals surface area contributed by atoms with Crippen LogP contribution in [0.3, 0.4) is 0 Å². The standard InChI is InChI=1S/C18H17FN6S/c1-3-5-14-13(21-9-16-23-11(2)24-25(14)16)8-15-18(22-10-26-15)17-12(19)6-4-7-20-17/h4,6-7,9-10H,3,5,8H2,1-2H3. The molecule has 0 bridgehead atoms. The summed E-state index contributed by atoms with van der Waals surface area (Å²) in [6.45, 7) is 3.99. The van der Waals surface area contributed by atoms with Crippen LogP contribution in [0.15, 0.2) is 30.0 Å². The van der Waals surface area contributed by atoms with Gasteiger partial charge in [-0.15, -0.1) is 11.3 Å². The highest BCUT2D eigenvalue weighted by atomic mass is 32.1. The Morgan fingerprint density at radius 3 is 2.88 bits per heavy atom. The molecule has 0 aliphatic carbocycles. The summed E-state index contributed by atoms with van der Waals surface area (Å²) in [7, 11) is 0. The summed E-state index contributed by atoms with van der Waals surface area (Å²) < 4.78 is 16.0. The van der Waals surface area contributed by atoms with Crippen LogP contribution in [0.2, 0.25) is 0 Å². The largest absolute Gasteiger partial charge is 0.255 e. The first-order valence-electron chi connectivity index (χ1n) is 8.40. The molecule has 4 rings (SSSR count). The van der Waals surface area contributed by atoms with Crippen molar-refractivity contribution in [2.45, 2.75) is 33.1 Å². The third-order valence-corrected chi connectivity index (χ3v) is 4.93. The normalized spacial score (nSPS) is 11.3. The van der Waals surface area contributed by atoms with E-state index in [9.17, 15) is 4.39 Å². The van der Waals surface area contributed by atoms with Gasteiger partial charge in [0.25, 0.3) is 0 Å². The van der Waals surface area contributed by atoms with E-state index in [4.69, 9.17) is 0 Å². The Balaban J connectivity index is 1.78. The molecular formula is C18H17FN6S. The number of aromatic nitrogens is 6. The van der Waals surface area contributed by atoms with E-state index < -0.39 is 0 Å². The molecular weight excluding hydrogens is 351 g/mol. The molecule has 0 unspecified atom stereocenters. The number of aryl methyl sites for hydroxylation is 2. The van der Waals surface area contributed by atoms with E-state index >= 15 is 0 Å². The van der Waals surface area contributed by atoms with Crippen LogP contribution in [-0.2, 0) is 12.8 Å². The molecule has 8 heteroatoms. The Morgan fingerprint density at radius 1 is 1.19 bits per heavy atom. The van der Waals surface area contributed by atoms with E-state index in [0.29, 0.717) is 12.1 Å². The summed E-state index contributed by atoms with van der Waals surface area (Å²) in [5, 5.41) is 4.50. The predicted octanol–water partition coefficient (Wildman–Crippen LogP) is 3.63. The van der Waals surface area contributed by atoms with Crippen LogP contribution in [-0.4, -0.2) is 29.5 Å². The third-order valence-electron chi connectivity index (χ3n) is 4.10. The van der Waals surface area contributed by atoms with Crippen LogP contribution in [0.5, 0.6) is 0 Å². The zero-order chi connectivity index (χ0) is 18.1. The Morgan fingerprint density at radius 2 is 2.08 bits per heavy atom. The van der Waals surface area contributed by atoms with Crippen molar-refractivity contribution in [2.75, 3.05) is 0 Å². The van der Waals surface area contributed by atoms with Crippen LogP contribution in [0.4, 0.5) is 4.39 Å². The van der Waals surface area contributed by atoms with Crippen LogP contribution in [0.1, 0.15) is 35.4 Å². The van der Waals surface area contributed by atoms with Gasteiger partial charge in [0.2, 0.25) is 0 Å². The van der Waals surface area contributed by atoms with Crippen molar-refractivity contribution in [3.8, 4) is 11.4 Å². The Bertz CT molecular complexity index is 1070. The molecule has 4 heterocycles. The predicted molar refractivity (Wildman–Crippen MR) is 97.6 cm³/mol. The van der Waals surface area contributed by atoms with Crippen LogP contribution in [0, 0.1) is 12.7 Å². The van der Waals surface area contributed by atoms with Crippen molar-refractivity contribution in [1.29, 1.82) is 0 Å². The summed E-state index contributed by atoms with van der Waals surface area (Å²) in [6.07, 6.45) is 5.68. The molecule has 0 N–H and O–H groups in total. The summed E-state index contributed by atoms with van der Waals surface area (Å²) in [4.78, 5) is 18.4. The van der Waals surface area contributed by atoms with E-state index in [0.717, 1.165) is 40.6 Å². The lowest BCUT2D eigenvalue weighted by Crippen LogP contribution is -2.07. The van der Waals surface area contributed by atoms with Crippen LogP contribution in [0.25, 0.3) is 17.0 Å². The minimum atomic E-state index is -0.372. The van der Waals surface area contributed by atoms with Gasteiger partial charge in [0, 0.05) is 17.5 Å². The summed E-state index contributed by atoms with van der Waals surface area (Å²) >= 11 is 1.48. The highest BCUT2D eigenvalue weighted by Crippen LogP contribution is 2.28. The zero-order valence-electron chi connectivity index (χ0n) is 14.5. The van der Waals surface area contributed by atoms with Crippen molar-refractivity contribution >= 4 is 17.0 Å². The number of thiazole rings is 1. The number of nitrogens with zero attached hydrogens (tertiary/aromatic N) is 6. The van der Waals surface area contributed by atoms with Crippen molar-refractivity contribution in [3.05, 3.63) is 57.9 Å². The summed E-state index contributed by atoms with van der Waals surface area (Å²) in [5.41, 5.74) is 5.26. The fraction of sp³-hybridized carbons (Fsp3) is 0.278. The van der Waals surface area contributed by atoms with E-state index in [1.54, 1.807) is 24.0 Å². The second-order valence-corrected chi connectivity index (χ2v) is 6.90. The molecule has 4 aromatic heterocycles. The van der Waals surface area contributed by atoms with Gasteiger partial charge in [0.05, 0.1) is 23.1 Å². The number of hydrogen-bond donors (Lipinski definition) is 0. The quantitative estimate of drug-likeness (QED) is 0.538. The van der Waals surface area contributed by atoms with Crippen molar-refractivity contribution in [1.82, 2.24) is 29.5 Å². The smallest absolute Gasteiger partial charge is 0.174 e. The number of fused-ring (bicyclic) bond motifs is 1. The fourth-order valence-corrected chi connectivity index (χ4v) is 3.75. The summed E-state index contributed by atoms with van der Waals surface area (Å²) in [5.74, 6) is 0.346. The Kier molecular flexibility index (Phi) is 4.42. The van der Waals surface area contributed by atoms with Gasteiger partial charge < -0.3 is 0 Å². The maximum Gasteiger partial charge on any atom is 0.174 e. The molecule has 4 aromatic rings. The highest BCUT2D eigenvalue weighted by molar-refractivity contribution is 7.10. The third kappa shape index (κ3) is 2.96. The first-order chi connectivity index (χ1) is 12.7. The molecule has 0 spiro atoms. The molecule has 0 saturated heterocycles. The van der Waals surface area contributed by atoms with Crippen molar-refractivity contribution < 1.29 is 4.39 Å². The SMILES string of the molecule is CCCc1c(Cc2scnc2-c2ncccc2F)ncc2nc(C)nn12. The van der Waals surface area contributed by atoms with Crippen molar-refractivity contribution in [3.63, 3.8) is 0 Å². The molecule has 0 radical (unpaired) electrons. The molecule has 0 saturated carbocycles. The molecule has 26 heavy (non-hydrogen) atoms. The fourth-order valence-electron chi connectivity index (χ4n) is 2.98.